The molecule has 142 valence electrons. The molecule has 1 fully saturated rings. The van der Waals surface area contributed by atoms with Crippen LogP contribution in [-0.2, 0) is 4.79 Å². The largest absolute Gasteiger partial charge is 0.407 e. The van der Waals surface area contributed by atoms with Gasteiger partial charge in [-0.05, 0) is 42.9 Å². The minimum Gasteiger partial charge on any atom is -0.336 e. The number of halogens is 4. The zero-order valence-electron chi connectivity index (χ0n) is 14.5. The van der Waals surface area contributed by atoms with Crippen molar-refractivity contribution in [2.75, 3.05) is 0 Å². The highest BCUT2D eigenvalue weighted by Crippen LogP contribution is 2.36. The molecule has 8 heteroatoms. The Morgan fingerprint density at radius 3 is 2.27 bits per heavy atom. The van der Waals surface area contributed by atoms with Crippen molar-refractivity contribution in [3.8, 4) is 6.07 Å². The SMILES string of the molecule is CC(C)C[C@H](N[C@@H](c1ccc(F)cc1)C(F)(F)F)C(=O)NC1(C#N)CC1. The summed E-state index contributed by atoms with van der Waals surface area (Å²) in [6.45, 7) is 3.58. The molecule has 0 bridgehead atoms. The molecule has 2 atom stereocenters. The van der Waals surface area contributed by atoms with Gasteiger partial charge in [0.25, 0.3) is 0 Å². The average Bonchev–Trinajstić information content (AvgIpc) is 3.31. The maximum atomic E-state index is 13.5. The van der Waals surface area contributed by atoms with E-state index in [9.17, 15) is 22.4 Å². The van der Waals surface area contributed by atoms with E-state index >= 15 is 0 Å². The summed E-state index contributed by atoms with van der Waals surface area (Å²) in [6.07, 6.45) is -3.52. The van der Waals surface area contributed by atoms with E-state index in [1.807, 2.05) is 6.07 Å². The molecule has 0 saturated heterocycles. The number of hydrogen-bond donors (Lipinski definition) is 2. The molecule has 0 heterocycles. The average molecular weight is 371 g/mol. The molecule has 0 radical (unpaired) electrons. The Hall–Kier alpha value is -2.14. The summed E-state index contributed by atoms with van der Waals surface area (Å²) in [6, 6.07) is 2.73. The molecule has 0 aromatic heterocycles. The number of nitrogens with zero attached hydrogens (tertiary/aromatic N) is 1. The van der Waals surface area contributed by atoms with E-state index in [2.05, 4.69) is 10.6 Å². The minimum absolute atomic E-state index is 0.0439. The number of carbonyl (C=O) groups is 1. The maximum Gasteiger partial charge on any atom is 0.407 e. The van der Waals surface area contributed by atoms with Crippen LogP contribution in [0.2, 0.25) is 0 Å². The number of amides is 1. The summed E-state index contributed by atoms with van der Waals surface area (Å²) in [4.78, 5) is 12.5. The highest BCUT2D eigenvalue weighted by Gasteiger charge is 2.47. The fourth-order valence-electron chi connectivity index (χ4n) is 2.67. The second-order valence-corrected chi connectivity index (χ2v) is 7.06. The predicted octanol–water partition coefficient (Wildman–Crippen LogP) is 3.61. The van der Waals surface area contributed by atoms with Crippen LogP contribution in [0, 0.1) is 23.1 Å². The van der Waals surface area contributed by atoms with Crippen molar-refractivity contribution in [1.29, 1.82) is 5.26 Å². The highest BCUT2D eigenvalue weighted by molar-refractivity contribution is 5.83. The van der Waals surface area contributed by atoms with Gasteiger partial charge in [-0.1, -0.05) is 26.0 Å². The van der Waals surface area contributed by atoms with Gasteiger partial charge in [-0.25, -0.2) is 4.39 Å². The third-order valence-corrected chi connectivity index (χ3v) is 4.25. The van der Waals surface area contributed by atoms with Gasteiger partial charge in [0.05, 0.1) is 12.1 Å². The van der Waals surface area contributed by atoms with E-state index < -0.39 is 35.5 Å². The van der Waals surface area contributed by atoms with Crippen molar-refractivity contribution in [2.24, 2.45) is 5.92 Å². The van der Waals surface area contributed by atoms with Crippen LogP contribution in [-0.4, -0.2) is 23.7 Å². The van der Waals surface area contributed by atoms with Crippen molar-refractivity contribution in [3.05, 3.63) is 35.6 Å². The van der Waals surface area contributed by atoms with Gasteiger partial charge in [0.2, 0.25) is 5.91 Å². The lowest BCUT2D eigenvalue weighted by Crippen LogP contribution is -2.52. The van der Waals surface area contributed by atoms with E-state index in [0.717, 1.165) is 24.3 Å². The van der Waals surface area contributed by atoms with Crippen molar-refractivity contribution in [1.82, 2.24) is 10.6 Å². The number of benzene rings is 1. The number of nitrogens with one attached hydrogen (secondary N) is 2. The first-order valence-electron chi connectivity index (χ1n) is 8.38. The van der Waals surface area contributed by atoms with E-state index in [-0.39, 0.29) is 17.9 Å². The Bertz CT molecular complexity index is 675. The van der Waals surface area contributed by atoms with Crippen molar-refractivity contribution < 1.29 is 22.4 Å². The summed E-state index contributed by atoms with van der Waals surface area (Å²) in [7, 11) is 0. The van der Waals surface area contributed by atoms with Crippen LogP contribution in [0.1, 0.15) is 44.7 Å². The molecule has 1 saturated carbocycles. The lowest BCUT2D eigenvalue weighted by molar-refractivity contribution is -0.161. The number of hydrogen-bond acceptors (Lipinski definition) is 3. The van der Waals surface area contributed by atoms with Crippen LogP contribution in [0.25, 0.3) is 0 Å². The van der Waals surface area contributed by atoms with Crippen LogP contribution < -0.4 is 10.6 Å². The Morgan fingerprint density at radius 1 is 1.27 bits per heavy atom. The van der Waals surface area contributed by atoms with Gasteiger partial charge < -0.3 is 5.32 Å². The van der Waals surface area contributed by atoms with Crippen LogP contribution in [0.3, 0.4) is 0 Å². The fraction of sp³-hybridized carbons (Fsp3) is 0.556. The molecule has 2 rings (SSSR count). The number of alkyl halides is 3. The monoisotopic (exact) mass is 371 g/mol. The molecule has 26 heavy (non-hydrogen) atoms. The molecular weight excluding hydrogens is 350 g/mol. The van der Waals surface area contributed by atoms with Gasteiger partial charge >= 0.3 is 6.18 Å². The molecule has 1 aliphatic carbocycles. The quantitative estimate of drug-likeness (QED) is 0.720. The summed E-state index contributed by atoms with van der Waals surface area (Å²) < 4.78 is 53.7. The molecule has 0 unspecified atom stereocenters. The zero-order valence-corrected chi connectivity index (χ0v) is 14.5. The molecule has 4 nitrogen and oxygen atoms in total. The van der Waals surface area contributed by atoms with Crippen LogP contribution >= 0.6 is 0 Å². The molecule has 1 aromatic carbocycles. The van der Waals surface area contributed by atoms with Gasteiger partial charge in [-0.15, -0.1) is 0 Å². The van der Waals surface area contributed by atoms with Crippen molar-refractivity contribution >= 4 is 5.91 Å². The molecule has 2 N–H and O–H groups in total. The van der Waals surface area contributed by atoms with Crippen molar-refractivity contribution in [3.63, 3.8) is 0 Å². The number of carbonyl (C=O) groups excluding carboxylic acids is 1. The summed E-state index contributed by atoms with van der Waals surface area (Å²) in [5, 5.41) is 14.0. The Kier molecular flexibility index (Phi) is 5.91. The van der Waals surface area contributed by atoms with E-state index in [1.54, 1.807) is 13.8 Å². The third kappa shape index (κ3) is 5.18. The Labute approximate surface area is 149 Å². The first-order valence-corrected chi connectivity index (χ1v) is 8.38. The summed E-state index contributed by atoms with van der Waals surface area (Å²) >= 11 is 0. The van der Waals surface area contributed by atoms with Gasteiger partial charge in [-0.3, -0.25) is 10.1 Å². The van der Waals surface area contributed by atoms with Crippen LogP contribution in [0.15, 0.2) is 24.3 Å². The summed E-state index contributed by atoms with van der Waals surface area (Å²) in [5.41, 5.74) is -1.14. The Morgan fingerprint density at radius 2 is 1.85 bits per heavy atom. The second kappa shape index (κ2) is 7.62. The standard InChI is InChI=1S/C18H21F4N3O/c1-11(2)9-14(16(26)25-17(10-23)7-8-17)24-15(18(20,21)22)12-3-5-13(19)6-4-12/h3-6,11,14-15,24H,7-9H2,1-2H3,(H,25,26)/t14-,15-/m0/s1. The van der Waals surface area contributed by atoms with E-state index in [0.29, 0.717) is 12.8 Å². The fourth-order valence-corrected chi connectivity index (χ4v) is 2.67. The summed E-state index contributed by atoms with van der Waals surface area (Å²) in [5.74, 6) is -1.32. The first kappa shape index (κ1) is 20.2. The van der Waals surface area contributed by atoms with E-state index in [4.69, 9.17) is 5.26 Å². The zero-order chi connectivity index (χ0) is 19.5. The van der Waals surface area contributed by atoms with Crippen LogP contribution in [0.4, 0.5) is 17.6 Å². The Balaban J connectivity index is 2.23. The lowest BCUT2D eigenvalue weighted by atomic mass is 9.99. The topological polar surface area (TPSA) is 64.9 Å². The molecular formula is C18H21F4N3O. The predicted molar refractivity (Wildman–Crippen MR) is 87.3 cm³/mol. The van der Waals surface area contributed by atoms with Gasteiger partial charge in [0, 0.05) is 0 Å². The highest BCUT2D eigenvalue weighted by atomic mass is 19.4. The number of rotatable bonds is 7. The first-order chi connectivity index (χ1) is 12.1. The van der Waals surface area contributed by atoms with Gasteiger partial charge in [0.1, 0.15) is 17.4 Å². The third-order valence-electron chi connectivity index (χ3n) is 4.25. The second-order valence-electron chi connectivity index (χ2n) is 7.06. The number of nitriles is 1. The van der Waals surface area contributed by atoms with E-state index in [1.165, 1.54) is 0 Å². The minimum atomic E-state index is -4.67. The van der Waals surface area contributed by atoms with Gasteiger partial charge in [0.15, 0.2) is 0 Å². The normalized spacial score (nSPS) is 18.1. The molecule has 0 spiro atoms. The molecule has 1 aliphatic rings. The van der Waals surface area contributed by atoms with Crippen molar-refractivity contribution in [2.45, 2.75) is 56.9 Å². The molecule has 1 aromatic rings. The molecule has 0 aliphatic heterocycles. The van der Waals surface area contributed by atoms with Crippen LogP contribution in [0.5, 0.6) is 0 Å². The molecule has 1 amide bonds. The smallest absolute Gasteiger partial charge is 0.336 e. The maximum absolute atomic E-state index is 13.5. The lowest BCUT2D eigenvalue weighted by Gasteiger charge is -2.29. The van der Waals surface area contributed by atoms with Gasteiger partial charge in [-0.2, -0.15) is 18.4 Å².